The van der Waals surface area contributed by atoms with Crippen molar-refractivity contribution in [2.24, 2.45) is 0 Å². The molecule has 0 radical (unpaired) electrons. The van der Waals surface area contributed by atoms with Crippen molar-refractivity contribution in [3.63, 3.8) is 0 Å². The number of rotatable bonds is 7. The van der Waals surface area contributed by atoms with Crippen molar-refractivity contribution in [1.82, 2.24) is 0 Å². The molecule has 0 bridgehead atoms. The topological polar surface area (TPSA) is 18.5 Å². The van der Waals surface area contributed by atoms with Gasteiger partial charge in [-0.15, -0.1) is 5.75 Å². The molecule has 0 aromatic heterocycles. The zero-order valence-corrected chi connectivity index (χ0v) is 9.58. The minimum absolute atomic E-state index is 0.123. The smallest absolute Gasteiger partial charge is 0.0700 e. The van der Waals surface area contributed by atoms with E-state index in [1.165, 1.54) is 0 Å². The average molecular weight is 213 g/mol. The Balaban J connectivity index is 2.90. The highest BCUT2D eigenvalue weighted by molar-refractivity contribution is 8.29. The van der Waals surface area contributed by atoms with Crippen molar-refractivity contribution in [3.05, 3.63) is 0 Å². The molecule has 0 amide bonds. The Labute approximate surface area is 74.3 Å². The van der Waals surface area contributed by atoms with Crippen LogP contribution < -0.4 is 0 Å². The third-order valence-corrected chi connectivity index (χ3v) is 2.81. The van der Waals surface area contributed by atoms with Crippen LogP contribution in [0.1, 0.15) is 6.92 Å². The summed E-state index contributed by atoms with van der Waals surface area (Å²) >= 11 is 0. The van der Waals surface area contributed by atoms with Gasteiger partial charge in [-0.2, -0.15) is 0 Å². The van der Waals surface area contributed by atoms with Crippen molar-refractivity contribution >= 4 is 25.3 Å². The van der Waals surface area contributed by atoms with Crippen LogP contribution >= 0.6 is 16.0 Å². The normalized spacial score (nSPS) is 10.7. The van der Waals surface area contributed by atoms with E-state index in [0.29, 0.717) is 13.2 Å². The molecule has 5 heteroatoms. The molecule has 0 unspecified atom stereocenters. The Morgan fingerprint density at radius 1 is 1.09 bits per heavy atom. The number of hydrogen-bond donors (Lipinski definition) is 0. The Morgan fingerprint density at radius 3 is 2.27 bits per heavy atom. The van der Waals surface area contributed by atoms with E-state index in [4.69, 9.17) is 9.47 Å². The predicted octanol–water partition coefficient (Wildman–Crippen LogP) is 1.77. The van der Waals surface area contributed by atoms with Gasteiger partial charge in [-0.25, -0.2) is 0 Å². The molecule has 0 aliphatic heterocycles. The summed E-state index contributed by atoms with van der Waals surface area (Å²) in [6.07, 6.45) is 0. The minimum atomic E-state index is 0.123. The van der Waals surface area contributed by atoms with E-state index < -0.39 is 0 Å². The maximum absolute atomic E-state index is 5.27. The van der Waals surface area contributed by atoms with Gasteiger partial charge in [-0.1, -0.05) is 0 Å². The molecule has 0 fully saturated rings. The van der Waals surface area contributed by atoms with Crippen LogP contribution in [0.3, 0.4) is 0 Å². The first-order chi connectivity index (χ1) is 5.27. The molecule has 0 saturated carbocycles. The van der Waals surface area contributed by atoms with E-state index in [1.807, 2.05) is 6.92 Å². The van der Waals surface area contributed by atoms with Crippen molar-refractivity contribution in [2.75, 3.05) is 32.2 Å². The van der Waals surface area contributed by atoms with Gasteiger partial charge < -0.3 is 18.7 Å². The molecular weight excluding hydrogens is 198 g/mol. The van der Waals surface area contributed by atoms with Crippen LogP contribution in [0.15, 0.2) is 0 Å². The molecule has 0 aromatic carbocycles. The van der Waals surface area contributed by atoms with Crippen LogP contribution in [0.4, 0.5) is 0 Å². The first-order valence-electron chi connectivity index (χ1n) is 3.56. The summed E-state index contributed by atoms with van der Waals surface area (Å²) in [6, 6.07) is 0. The van der Waals surface area contributed by atoms with Gasteiger partial charge in [0.1, 0.15) is 0 Å². The van der Waals surface area contributed by atoms with Gasteiger partial charge in [0.2, 0.25) is 0 Å². The van der Waals surface area contributed by atoms with Crippen LogP contribution in [0.2, 0.25) is 0 Å². The second kappa shape index (κ2) is 8.96. The van der Waals surface area contributed by atoms with Crippen LogP contribution in [-0.4, -0.2) is 32.2 Å². The molecule has 0 saturated heterocycles. The fourth-order valence-corrected chi connectivity index (χ4v) is 1.29. The first kappa shape index (κ1) is 11.9. The largest absolute Gasteiger partial charge is 0.426 e. The monoisotopic (exact) mass is 213 g/mol. The maximum atomic E-state index is 5.27. The Bertz CT molecular complexity index is 140. The van der Waals surface area contributed by atoms with E-state index in [1.54, 1.807) is 0 Å². The summed E-state index contributed by atoms with van der Waals surface area (Å²) in [4.78, 5) is 0. The molecule has 0 aliphatic rings. The van der Waals surface area contributed by atoms with Crippen molar-refractivity contribution < 1.29 is 9.47 Å². The van der Waals surface area contributed by atoms with Gasteiger partial charge in [0.25, 0.3) is 0 Å². The van der Waals surface area contributed by atoms with E-state index in [2.05, 4.69) is 16.0 Å². The van der Waals surface area contributed by atoms with Crippen molar-refractivity contribution in [3.8, 4) is 0 Å². The van der Waals surface area contributed by atoms with E-state index >= 15 is 0 Å². The summed E-state index contributed by atoms with van der Waals surface area (Å²) in [6.45, 7) is 4.93. The second-order valence-electron chi connectivity index (χ2n) is 1.90. The Hall–Kier alpha value is 0.870. The summed E-state index contributed by atoms with van der Waals surface area (Å²) in [7, 11) is 6.99. The molecule has 2 nitrogen and oxygen atoms in total. The summed E-state index contributed by atoms with van der Waals surface area (Å²) in [5.41, 5.74) is 0. The van der Waals surface area contributed by atoms with Gasteiger partial charge >= 0.3 is 0 Å². The van der Waals surface area contributed by atoms with Crippen LogP contribution in [-0.2, 0) is 18.7 Å². The lowest BCUT2D eigenvalue weighted by molar-refractivity contribution is 0.0594. The number of ether oxygens (including phenoxy) is 2. The molecule has 0 rings (SSSR count). The fourth-order valence-electron chi connectivity index (χ4n) is 0.507. The second-order valence-corrected chi connectivity index (χ2v) is 7.28. The molecule has 68 valence electrons. The zero-order valence-electron chi connectivity index (χ0n) is 6.76. The summed E-state index contributed by atoms with van der Waals surface area (Å²) in [5, 5.41) is 0. The highest BCUT2D eigenvalue weighted by Crippen LogP contribution is 1.86. The standard InChI is InChI=1S/C6H15O2P2S/c1-2-7-3-4-8-5-6-11(9)10/h9-10H,2-6H2,1H3/q-1. The van der Waals surface area contributed by atoms with E-state index in [-0.39, 0.29) is 9.25 Å². The number of hydrogen-bond acceptors (Lipinski definition) is 3. The maximum Gasteiger partial charge on any atom is 0.0700 e. The molecule has 0 atom stereocenters. The van der Waals surface area contributed by atoms with Gasteiger partial charge in [0.05, 0.1) is 13.2 Å². The van der Waals surface area contributed by atoms with Gasteiger partial charge in [0, 0.05) is 13.2 Å². The lowest BCUT2D eigenvalue weighted by Gasteiger charge is -2.06. The van der Waals surface area contributed by atoms with Crippen molar-refractivity contribution in [1.29, 1.82) is 0 Å². The third kappa shape index (κ3) is 10.9. The molecule has 0 N–H and O–H groups in total. The first-order valence-corrected chi connectivity index (χ1v) is 7.40. The van der Waals surface area contributed by atoms with E-state index in [0.717, 1.165) is 19.0 Å². The van der Waals surface area contributed by atoms with Gasteiger partial charge in [0.15, 0.2) is 0 Å². The molecular formula is C6H15O2P2S-. The lowest BCUT2D eigenvalue weighted by atomic mass is 10.7. The SMILES string of the molecule is CCOCCOCC[S-](=P)=P. The average Bonchev–Trinajstić information content (AvgIpc) is 1.96. The molecule has 0 spiro atoms. The predicted molar refractivity (Wildman–Crippen MR) is 56.2 cm³/mol. The molecule has 0 heterocycles. The summed E-state index contributed by atoms with van der Waals surface area (Å²) < 4.78 is 10.4. The van der Waals surface area contributed by atoms with Gasteiger partial charge in [-0.3, -0.25) is 16.0 Å². The lowest BCUT2D eigenvalue weighted by Crippen LogP contribution is -2.06. The van der Waals surface area contributed by atoms with Crippen LogP contribution in [0.5, 0.6) is 0 Å². The molecule has 11 heavy (non-hydrogen) atoms. The van der Waals surface area contributed by atoms with Crippen molar-refractivity contribution in [2.45, 2.75) is 6.92 Å². The Kier molecular flexibility index (Phi) is 9.67. The fraction of sp³-hybridized carbons (Fsp3) is 1.00. The van der Waals surface area contributed by atoms with E-state index in [9.17, 15) is 0 Å². The molecule has 0 aliphatic carbocycles. The molecule has 0 aromatic rings. The Morgan fingerprint density at radius 2 is 1.73 bits per heavy atom. The van der Waals surface area contributed by atoms with Crippen LogP contribution in [0.25, 0.3) is 0 Å². The summed E-state index contributed by atoms with van der Waals surface area (Å²) in [5.74, 6) is 1.000. The highest BCUT2D eigenvalue weighted by atomic mass is 32.7. The third-order valence-electron chi connectivity index (χ3n) is 1.01. The van der Waals surface area contributed by atoms with Gasteiger partial charge in [-0.05, 0) is 6.92 Å². The minimum Gasteiger partial charge on any atom is -0.426 e. The zero-order chi connectivity index (χ0) is 8.53. The van der Waals surface area contributed by atoms with Crippen LogP contribution in [0, 0.1) is 0 Å². The highest BCUT2D eigenvalue weighted by Gasteiger charge is 1.83. The quantitative estimate of drug-likeness (QED) is 0.364.